The molecule has 0 spiro atoms. The van der Waals surface area contributed by atoms with E-state index in [1.165, 1.54) is 6.33 Å². The Hall–Kier alpha value is -4.00. The second kappa shape index (κ2) is 7.68. The van der Waals surface area contributed by atoms with Crippen molar-refractivity contribution >= 4 is 28.4 Å². The van der Waals surface area contributed by atoms with Crippen molar-refractivity contribution in [3.63, 3.8) is 0 Å². The highest BCUT2D eigenvalue weighted by Crippen LogP contribution is 2.33. The number of hydrogen-bond donors (Lipinski definition) is 2. The lowest BCUT2D eigenvalue weighted by molar-refractivity contribution is 0.0796. The van der Waals surface area contributed by atoms with E-state index in [2.05, 4.69) is 51.8 Å². The van der Waals surface area contributed by atoms with Crippen LogP contribution in [0.4, 0.5) is 11.6 Å². The van der Waals surface area contributed by atoms with Crippen LogP contribution in [0.5, 0.6) is 0 Å². The summed E-state index contributed by atoms with van der Waals surface area (Å²) in [5, 5.41) is 7.66. The lowest BCUT2D eigenvalue weighted by Crippen LogP contribution is -2.38. The molecular formula is C24H22N6O. The number of nitrogens with zero attached hydrogens (tertiary/aromatic N) is 4. The highest BCUT2D eigenvalue weighted by molar-refractivity contribution is 6.04. The van der Waals surface area contributed by atoms with Gasteiger partial charge in [0.25, 0.3) is 5.91 Å². The largest absolute Gasteiger partial charge is 0.363 e. The molecule has 2 aromatic heterocycles. The highest BCUT2D eigenvalue weighted by atomic mass is 16.2. The van der Waals surface area contributed by atoms with Gasteiger partial charge in [0.1, 0.15) is 23.5 Å². The van der Waals surface area contributed by atoms with E-state index in [0.29, 0.717) is 23.9 Å². The molecule has 3 heterocycles. The van der Waals surface area contributed by atoms with Crippen molar-refractivity contribution in [2.75, 3.05) is 24.3 Å². The summed E-state index contributed by atoms with van der Waals surface area (Å²) < 4.78 is 0. The molecule has 2 aromatic carbocycles. The molecule has 0 saturated heterocycles. The zero-order valence-electron chi connectivity index (χ0n) is 17.3. The van der Waals surface area contributed by atoms with Gasteiger partial charge in [-0.3, -0.25) is 4.79 Å². The number of carbonyl (C=O) groups excluding carboxylic acids is 1. The van der Waals surface area contributed by atoms with Crippen molar-refractivity contribution < 1.29 is 4.79 Å². The molecule has 31 heavy (non-hydrogen) atoms. The number of amides is 1. The quantitative estimate of drug-likeness (QED) is 0.521. The van der Waals surface area contributed by atoms with Crippen molar-refractivity contribution in [1.29, 1.82) is 0 Å². The van der Waals surface area contributed by atoms with Crippen molar-refractivity contribution in [2.24, 2.45) is 0 Å². The van der Waals surface area contributed by atoms with Gasteiger partial charge < -0.3 is 15.5 Å². The van der Waals surface area contributed by atoms with Crippen molar-refractivity contribution in [3.05, 3.63) is 78.1 Å². The number of benzene rings is 2. The third kappa shape index (κ3) is 3.44. The van der Waals surface area contributed by atoms with Crippen LogP contribution in [-0.4, -0.2) is 39.5 Å². The molecular weight excluding hydrogens is 388 g/mol. The maximum atomic E-state index is 12.8. The second-order valence-electron chi connectivity index (χ2n) is 7.63. The summed E-state index contributed by atoms with van der Waals surface area (Å²) >= 11 is 0. The first-order chi connectivity index (χ1) is 15.1. The Balaban J connectivity index is 1.60. The lowest BCUT2D eigenvalue weighted by Gasteiger charge is -2.27. The number of pyridine rings is 1. The van der Waals surface area contributed by atoms with Crippen LogP contribution in [0.3, 0.4) is 0 Å². The third-order valence-electron chi connectivity index (χ3n) is 5.51. The van der Waals surface area contributed by atoms with Crippen molar-refractivity contribution in [2.45, 2.75) is 13.0 Å². The van der Waals surface area contributed by atoms with E-state index in [9.17, 15) is 4.79 Å². The van der Waals surface area contributed by atoms with Crippen LogP contribution in [0.1, 0.15) is 28.9 Å². The van der Waals surface area contributed by atoms with E-state index in [4.69, 9.17) is 4.98 Å². The van der Waals surface area contributed by atoms with E-state index < -0.39 is 0 Å². The Morgan fingerprint density at radius 1 is 1.06 bits per heavy atom. The summed E-state index contributed by atoms with van der Waals surface area (Å²) in [6.45, 7) is 2.47. The Kier molecular flexibility index (Phi) is 4.71. The fourth-order valence-corrected chi connectivity index (χ4v) is 3.86. The fraction of sp³-hybridized carbons (Fsp3) is 0.167. The minimum atomic E-state index is -0.147. The topological polar surface area (TPSA) is 83.0 Å². The minimum absolute atomic E-state index is 0.107. The predicted octanol–water partition coefficient (Wildman–Crippen LogP) is 4.32. The van der Waals surface area contributed by atoms with Crippen LogP contribution in [0, 0.1) is 0 Å². The Labute approximate surface area is 180 Å². The maximum absolute atomic E-state index is 12.8. The summed E-state index contributed by atoms with van der Waals surface area (Å²) in [7, 11) is 1.75. The minimum Gasteiger partial charge on any atom is -0.363 e. The molecule has 7 heteroatoms. The molecule has 0 aliphatic carbocycles. The average Bonchev–Trinajstić information content (AvgIpc) is 2.81. The number of fused-ring (bicyclic) bond motifs is 2. The van der Waals surface area contributed by atoms with Crippen LogP contribution < -0.4 is 10.6 Å². The van der Waals surface area contributed by atoms with Crippen LogP contribution in [0.25, 0.3) is 22.2 Å². The predicted molar refractivity (Wildman–Crippen MR) is 122 cm³/mol. The Morgan fingerprint density at radius 2 is 1.84 bits per heavy atom. The summed E-state index contributed by atoms with van der Waals surface area (Å²) in [6.07, 6.45) is 1.47. The van der Waals surface area contributed by atoms with Gasteiger partial charge in [-0.2, -0.15) is 0 Å². The number of hydrogen-bond acceptors (Lipinski definition) is 6. The molecule has 1 aliphatic heterocycles. The molecule has 0 fully saturated rings. The standard InChI is InChI=1S/C24H22N6O/c1-15(28-23-20-22(25-13-26-23)27-14-30(2)24(20)31)18-12-17-10-6-7-11-19(17)29-21(18)16-8-4-3-5-9-16/h3-13,15H,14H2,1-2H3,(H2,25,26,27,28). The van der Waals surface area contributed by atoms with Gasteiger partial charge in [-0.15, -0.1) is 0 Å². The van der Waals surface area contributed by atoms with Crippen LogP contribution in [-0.2, 0) is 0 Å². The molecule has 154 valence electrons. The monoisotopic (exact) mass is 410 g/mol. The van der Waals surface area contributed by atoms with E-state index in [-0.39, 0.29) is 11.9 Å². The molecule has 1 aliphatic rings. The number of para-hydroxylation sites is 1. The molecule has 5 rings (SSSR count). The van der Waals surface area contributed by atoms with Crippen molar-refractivity contribution in [3.8, 4) is 11.3 Å². The number of nitrogens with one attached hydrogen (secondary N) is 2. The molecule has 1 amide bonds. The van der Waals surface area contributed by atoms with Crippen molar-refractivity contribution in [1.82, 2.24) is 19.9 Å². The van der Waals surface area contributed by atoms with Gasteiger partial charge in [-0.25, -0.2) is 15.0 Å². The van der Waals surface area contributed by atoms with Gasteiger partial charge in [0.2, 0.25) is 0 Å². The van der Waals surface area contributed by atoms with Gasteiger partial charge >= 0.3 is 0 Å². The first-order valence-electron chi connectivity index (χ1n) is 10.2. The first kappa shape index (κ1) is 19.0. The zero-order chi connectivity index (χ0) is 21.4. The molecule has 0 radical (unpaired) electrons. The molecule has 7 nitrogen and oxygen atoms in total. The SMILES string of the molecule is CC(Nc1ncnc2c1C(=O)N(C)CN2)c1cc2ccccc2nc1-c1ccccc1. The van der Waals surface area contributed by atoms with Gasteiger partial charge in [0.05, 0.1) is 23.9 Å². The van der Waals surface area contributed by atoms with Gasteiger partial charge in [0, 0.05) is 23.6 Å². The summed E-state index contributed by atoms with van der Waals surface area (Å²) in [5.41, 5.74) is 4.38. The third-order valence-corrected chi connectivity index (χ3v) is 5.51. The number of anilines is 2. The Morgan fingerprint density at radius 3 is 2.68 bits per heavy atom. The normalized spacial score (nSPS) is 14.1. The molecule has 0 saturated carbocycles. The highest BCUT2D eigenvalue weighted by Gasteiger charge is 2.27. The summed E-state index contributed by atoms with van der Waals surface area (Å²) in [6, 6.07) is 20.2. The second-order valence-corrected chi connectivity index (χ2v) is 7.63. The van der Waals surface area contributed by atoms with Crippen LogP contribution >= 0.6 is 0 Å². The zero-order valence-corrected chi connectivity index (χ0v) is 17.3. The maximum Gasteiger partial charge on any atom is 0.262 e. The lowest BCUT2D eigenvalue weighted by atomic mass is 9.98. The molecule has 2 N–H and O–H groups in total. The Bertz CT molecular complexity index is 1270. The summed E-state index contributed by atoms with van der Waals surface area (Å²) in [4.78, 5) is 27.9. The summed E-state index contributed by atoms with van der Waals surface area (Å²) in [5.74, 6) is 0.949. The van der Waals surface area contributed by atoms with Crippen LogP contribution in [0.15, 0.2) is 67.0 Å². The van der Waals surface area contributed by atoms with Crippen LogP contribution in [0.2, 0.25) is 0 Å². The van der Waals surface area contributed by atoms with E-state index >= 15 is 0 Å². The fourth-order valence-electron chi connectivity index (χ4n) is 3.86. The average molecular weight is 410 g/mol. The van der Waals surface area contributed by atoms with Gasteiger partial charge in [-0.05, 0) is 19.1 Å². The smallest absolute Gasteiger partial charge is 0.262 e. The molecule has 4 aromatic rings. The van der Waals surface area contributed by atoms with E-state index in [1.54, 1.807) is 11.9 Å². The number of carbonyl (C=O) groups is 1. The first-order valence-corrected chi connectivity index (χ1v) is 10.2. The van der Waals surface area contributed by atoms with Gasteiger partial charge in [0.15, 0.2) is 0 Å². The molecule has 1 unspecified atom stereocenters. The number of rotatable bonds is 4. The molecule has 1 atom stereocenters. The number of aromatic nitrogens is 3. The van der Waals surface area contributed by atoms with E-state index in [0.717, 1.165) is 27.7 Å². The van der Waals surface area contributed by atoms with E-state index in [1.807, 2.05) is 36.4 Å². The molecule has 0 bridgehead atoms. The van der Waals surface area contributed by atoms with Gasteiger partial charge in [-0.1, -0.05) is 48.5 Å².